The van der Waals surface area contributed by atoms with Gasteiger partial charge in [-0.25, -0.2) is 4.39 Å². The summed E-state index contributed by atoms with van der Waals surface area (Å²) >= 11 is 0. The van der Waals surface area contributed by atoms with E-state index < -0.39 is 0 Å². The molecule has 2 aromatic rings. The third-order valence-corrected chi connectivity index (χ3v) is 5.42. The summed E-state index contributed by atoms with van der Waals surface area (Å²) in [5, 5.41) is 7.02. The molecule has 1 aliphatic heterocycles. The van der Waals surface area contributed by atoms with Gasteiger partial charge in [-0.3, -0.25) is 9.89 Å². The molecule has 3 rings (SSSR count). The monoisotopic (exact) mass is 510 g/mol. The Bertz CT molecular complexity index is 771. The lowest BCUT2D eigenvalue weighted by Crippen LogP contribution is -2.48. The van der Waals surface area contributed by atoms with Gasteiger partial charge in [0.2, 0.25) is 0 Å². The van der Waals surface area contributed by atoms with Crippen LogP contribution in [0.5, 0.6) is 0 Å². The lowest BCUT2D eigenvalue weighted by atomic mass is 10.0. The Morgan fingerprint density at radius 1 is 1.07 bits per heavy atom. The van der Waals surface area contributed by atoms with E-state index >= 15 is 0 Å². The van der Waals surface area contributed by atoms with Gasteiger partial charge in [0.15, 0.2) is 5.96 Å². The minimum absolute atomic E-state index is 0. The number of hydrogen-bond acceptors (Lipinski definition) is 2. The molecule has 1 heterocycles. The molecular weight excluding hydrogens is 478 g/mol. The van der Waals surface area contributed by atoms with Crippen LogP contribution in [0, 0.1) is 5.82 Å². The number of guanidine groups is 1. The maximum atomic E-state index is 13.0. The average molecular weight is 510 g/mol. The highest BCUT2D eigenvalue weighted by Gasteiger charge is 2.20. The summed E-state index contributed by atoms with van der Waals surface area (Å²) in [5.74, 6) is 0.690. The van der Waals surface area contributed by atoms with Gasteiger partial charge in [0.1, 0.15) is 5.82 Å². The van der Waals surface area contributed by atoms with E-state index in [4.69, 9.17) is 0 Å². The first-order valence-electron chi connectivity index (χ1n) is 10.2. The molecule has 1 fully saturated rings. The van der Waals surface area contributed by atoms with Crippen LogP contribution in [-0.4, -0.2) is 37.0 Å². The number of piperidine rings is 1. The normalized spacial score (nSPS) is 15.6. The van der Waals surface area contributed by atoms with Crippen molar-refractivity contribution in [2.45, 2.75) is 45.3 Å². The topological polar surface area (TPSA) is 39.7 Å². The third kappa shape index (κ3) is 7.26. The van der Waals surface area contributed by atoms with Gasteiger partial charge < -0.3 is 10.6 Å². The molecular formula is C23H32FIN4. The number of aliphatic imine (C=N–C) groups is 1. The first-order valence-corrected chi connectivity index (χ1v) is 10.2. The van der Waals surface area contributed by atoms with E-state index in [1.807, 2.05) is 19.2 Å². The summed E-state index contributed by atoms with van der Waals surface area (Å²) in [5.41, 5.74) is 3.86. The van der Waals surface area contributed by atoms with Crippen molar-refractivity contribution in [3.8, 4) is 0 Å². The van der Waals surface area contributed by atoms with Crippen LogP contribution in [0.3, 0.4) is 0 Å². The van der Waals surface area contributed by atoms with Crippen LogP contribution in [0.1, 0.15) is 36.5 Å². The highest BCUT2D eigenvalue weighted by molar-refractivity contribution is 14.0. The van der Waals surface area contributed by atoms with E-state index in [1.165, 1.54) is 28.8 Å². The second-order valence-corrected chi connectivity index (χ2v) is 7.37. The largest absolute Gasteiger partial charge is 0.354 e. The fraction of sp³-hybridized carbons (Fsp3) is 0.435. The van der Waals surface area contributed by atoms with Crippen LogP contribution in [0.25, 0.3) is 0 Å². The van der Waals surface area contributed by atoms with Gasteiger partial charge in [0, 0.05) is 39.3 Å². The minimum Gasteiger partial charge on any atom is -0.354 e. The van der Waals surface area contributed by atoms with E-state index in [-0.39, 0.29) is 29.8 Å². The Kier molecular flexibility index (Phi) is 9.87. The van der Waals surface area contributed by atoms with Gasteiger partial charge in [0.05, 0.1) is 0 Å². The molecule has 1 aliphatic rings. The molecule has 0 atom stereocenters. The van der Waals surface area contributed by atoms with Crippen molar-refractivity contribution in [2.24, 2.45) is 4.99 Å². The van der Waals surface area contributed by atoms with Crippen LogP contribution in [0.15, 0.2) is 53.5 Å². The zero-order chi connectivity index (χ0) is 19.8. The summed E-state index contributed by atoms with van der Waals surface area (Å²) in [4.78, 5) is 6.82. The summed E-state index contributed by atoms with van der Waals surface area (Å²) < 4.78 is 13.0. The van der Waals surface area contributed by atoms with Crippen molar-refractivity contribution >= 4 is 29.9 Å². The second kappa shape index (κ2) is 12.1. The first-order chi connectivity index (χ1) is 13.7. The second-order valence-electron chi connectivity index (χ2n) is 7.37. The molecule has 6 heteroatoms. The van der Waals surface area contributed by atoms with Gasteiger partial charge in [-0.1, -0.05) is 43.3 Å². The van der Waals surface area contributed by atoms with E-state index in [1.54, 1.807) is 0 Å². The molecule has 2 aromatic carbocycles. The van der Waals surface area contributed by atoms with Gasteiger partial charge in [-0.2, -0.15) is 0 Å². The number of likely N-dealkylation sites (tertiary alicyclic amines) is 1. The number of aryl methyl sites for hydroxylation is 1. The molecule has 0 amide bonds. The van der Waals surface area contributed by atoms with Crippen LogP contribution >= 0.6 is 24.0 Å². The molecule has 1 saturated heterocycles. The lowest BCUT2D eigenvalue weighted by Gasteiger charge is -2.33. The number of hydrogen-bond donors (Lipinski definition) is 2. The third-order valence-electron chi connectivity index (χ3n) is 5.42. The number of benzene rings is 2. The summed E-state index contributed by atoms with van der Waals surface area (Å²) in [6.07, 6.45) is 3.19. The van der Waals surface area contributed by atoms with Crippen molar-refractivity contribution in [1.82, 2.24) is 15.5 Å². The quantitative estimate of drug-likeness (QED) is 0.345. The Balaban J connectivity index is 0.00000300. The van der Waals surface area contributed by atoms with Crippen molar-refractivity contribution in [2.75, 3.05) is 20.1 Å². The Morgan fingerprint density at radius 2 is 1.72 bits per heavy atom. The molecule has 29 heavy (non-hydrogen) atoms. The van der Waals surface area contributed by atoms with Gasteiger partial charge in [-0.05, 0) is 48.1 Å². The summed E-state index contributed by atoms with van der Waals surface area (Å²) in [6.45, 7) is 5.92. The maximum Gasteiger partial charge on any atom is 0.191 e. The zero-order valence-corrected chi connectivity index (χ0v) is 19.7. The first kappa shape index (κ1) is 23.6. The minimum atomic E-state index is -0.174. The number of rotatable bonds is 6. The number of halogens is 2. The van der Waals surface area contributed by atoms with Crippen molar-refractivity contribution in [3.05, 3.63) is 71.0 Å². The lowest BCUT2D eigenvalue weighted by molar-refractivity contribution is 0.198. The molecule has 0 spiro atoms. The zero-order valence-electron chi connectivity index (χ0n) is 17.3. The molecule has 2 N–H and O–H groups in total. The van der Waals surface area contributed by atoms with Crippen molar-refractivity contribution < 1.29 is 4.39 Å². The molecule has 4 nitrogen and oxygen atoms in total. The van der Waals surface area contributed by atoms with E-state index in [0.717, 1.165) is 51.4 Å². The Hall–Kier alpha value is -1.67. The predicted molar refractivity (Wildman–Crippen MR) is 129 cm³/mol. The highest BCUT2D eigenvalue weighted by atomic mass is 127. The Labute approximate surface area is 191 Å². The average Bonchev–Trinajstić information content (AvgIpc) is 2.74. The van der Waals surface area contributed by atoms with Crippen molar-refractivity contribution in [1.29, 1.82) is 0 Å². The number of nitrogens with zero attached hydrogens (tertiary/aromatic N) is 2. The van der Waals surface area contributed by atoms with Gasteiger partial charge >= 0.3 is 0 Å². The fourth-order valence-electron chi connectivity index (χ4n) is 3.73. The van der Waals surface area contributed by atoms with E-state index in [0.29, 0.717) is 6.04 Å². The van der Waals surface area contributed by atoms with E-state index in [2.05, 4.69) is 51.7 Å². The molecule has 0 bridgehead atoms. The molecule has 0 aromatic heterocycles. The molecule has 158 valence electrons. The number of nitrogens with one attached hydrogen (secondary N) is 2. The van der Waals surface area contributed by atoms with E-state index in [9.17, 15) is 4.39 Å². The standard InChI is InChI=1S/C23H31FN4.HI/c1-3-19-6-4-5-7-20(19)16-26-23(25-2)27-22-12-14-28(15-13-22)17-18-8-10-21(24)11-9-18;/h4-11,22H,3,12-17H2,1-2H3,(H2,25,26,27);1H. The molecule has 0 saturated carbocycles. The SMILES string of the molecule is CCc1ccccc1CNC(=NC)NC1CCN(Cc2ccc(F)cc2)CC1.I. The smallest absolute Gasteiger partial charge is 0.191 e. The molecule has 0 radical (unpaired) electrons. The van der Waals surface area contributed by atoms with Gasteiger partial charge in [0.25, 0.3) is 0 Å². The molecule has 0 unspecified atom stereocenters. The molecule has 0 aliphatic carbocycles. The van der Waals surface area contributed by atoms with Crippen LogP contribution < -0.4 is 10.6 Å². The van der Waals surface area contributed by atoms with Crippen LogP contribution in [0.2, 0.25) is 0 Å². The van der Waals surface area contributed by atoms with Crippen molar-refractivity contribution in [3.63, 3.8) is 0 Å². The van der Waals surface area contributed by atoms with Crippen LogP contribution in [0.4, 0.5) is 4.39 Å². The highest BCUT2D eigenvalue weighted by Crippen LogP contribution is 2.14. The van der Waals surface area contributed by atoms with Crippen LogP contribution in [-0.2, 0) is 19.5 Å². The fourth-order valence-corrected chi connectivity index (χ4v) is 3.73. The maximum absolute atomic E-state index is 13.0. The summed E-state index contributed by atoms with van der Waals surface area (Å²) in [6, 6.07) is 15.8. The van der Waals surface area contributed by atoms with Gasteiger partial charge in [-0.15, -0.1) is 24.0 Å². The Morgan fingerprint density at radius 3 is 2.34 bits per heavy atom. The summed E-state index contributed by atoms with van der Waals surface area (Å²) in [7, 11) is 1.82. The predicted octanol–water partition coefficient (Wildman–Crippen LogP) is 4.34.